The number of hydrogen-bond acceptors (Lipinski definition) is 8. The van der Waals surface area contributed by atoms with Crippen molar-refractivity contribution in [2.75, 3.05) is 0 Å². The smallest absolute Gasteiger partial charge is 0.330 e. The number of aromatic nitrogens is 12. The van der Waals surface area contributed by atoms with Gasteiger partial charge < -0.3 is 9.13 Å². The summed E-state index contributed by atoms with van der Waals surface area (Å²) in [6.07, 6.45) is 9.21. The van der Waals surface area contributed by atoms with E-state index in [-0.39, 0.29) is 11.4 Å². The van der Waals surface area contributed by atoms with Gasteiger partial charge in [0.15, 0.2) is 22.9 Å². The van der Waals surface area contributed by atoms with Gasteiger partial charge in [0.2, 0.25) is 0 Å². The largest absolute Gasteiger partial charge is 0.334 e. The summed E-state index contributed by atoms with van der Waals surface area (Å²) in [5.74, 6) is 3.79. The highest BCUT2D eigenvalue weighted by Crippen LogP contribution is 2.30. The van der Waals surface area contributed by atoms with E-state index >= 15 is 0 Å². The fourth-order valence-corrected chi connectivity index (χ4v) is 8.72. The summed E-state index contributed by atoms with van der Waals surface area (Å²) in [6, 6.07) is 32.7. The molecule has 0 bridgehead atoms. The standard InChI is InChI=1S/C27H28N6O.C26H26N6O/c1-17(2)21-8-6-7-9-22(21)24-28-14-23-26(30-24)33(27(34)32(23)5)16-19-10-12-20(13-11-19)25-29-18(3)15-31(25)4;1-17(2)20-7-5-6-8-21(20)23-28-15-22-25(29-23)32(26(33)31(22)4)16-18-9-11-19(12-10-18)24-27-13-14-30(24)3/h6-15,17H,16H2,1-5H3;5-15,17H,16H2,1-4H3. The minimum atomic E-state index is -0.109. The summed E-state index contributed by atoms with van der Waals surface area (Å²) >= 11 is 0. The molecule has 0 amide bonds. The van der Waals surface area contributed by atoms with E-state index < -0.39 is 0 Å². The van der Waals surface area contributed by atoms with Gasteiger partial charge in [-0.05, 0) is 41.0 Å². The van der Waals surface area contributed by atoms with Crippen LogP contribution < -0.4 is 11.4 Å². The van der Waals surface area contributed by atoms with Crippen LogP contribution in [0.1, 0.15) is 67.5 Å². The highest BCUT2D eigenvalue weighted by atomic mass is 16.2. The number of aryl methyl sites for hydroxylation is 5. The minimum Gasteiger partial charge on any atom is -0.334 e. The first-order valence-electron chi connectivity index (χ1n) is 22.5. The van der Waals surface area contributed by atoms with E-state index in [1.807, 2.05) is 127 Å². The van der Waals surface area contributed by atoms with E-state index in [9.17, 15) is 9.59 Å². The number of hydrogen-bond donors (Lipinski definition) is 0. The molecule has 0 unspecified atom stereocenters. The van der Waals surface area contributed by atoms with Crippen molar-refractivity contribution in [3.05, 3.63) is 177 Å². The van der Waals surface area contributed by atoms with E-state index in [4.69, 9.17) is 9.97 Å². The minimum absolute atomic E-state index is 0.109. The third kappa shape index (κ3) is 8.53. The summed E-state index contributed by atoms with van der Waals surface area (Å²) < 4.78 is 10.7. The maximum absolute atomic E-state index is 13.1. The van der Waals surface area contributed by atoms with Gasteiger partial charge in [0, 0.05) is 69.0 Å². The van der Waals surface area contributed by atoms with Crippen LogP contribution in [0.15, 0.2) is 138 Å². The van der Waals surface area contributed by atoms with Crippen LogP contribution in [-0.4, -0.2) is 57.3 Å². The molecule has 338 valence electrons. The normalized spacial score (nSPS) is 11.6. The Bertz CT molecular complexity index is 3530. The fourth-order valence-electron chi connectivity index (χ4n) is 8.72. The zero-order valence-electron chi connectivity index (χ0n) is 39.4. The van der Waals surface area contributed by atoms with Crippen LogP contribution in [0.4, 0.5) is 0 Å². The quantitative estimate of drug-likeness (QED) is 0.133. The molecule has 0 saturated carbocycles. The molecule has 0 aliphatic carbocycles. The molecule has 0 aliphatic rings. The van der Waals surface area contributed by atoms with Crippen molar-refractivity contribution in [2.24, 2.45) is 28.2 Å². The zero-order chi connectivity index (χ0) is 47.1. The van der Waals surface area contributed by atoms with Gasteiger partial charge in [0.25, 0.3) is 0 Å². The molecule has 0 aliphatic heterocycles. The topological polar surface area (TPSA) is 141 Å². The molecule has 14 nitrogen and oxygen atoms in total. The van der Waals surface area contributed by atoms with Crippen molar-refractivity contribution in [3.8, 4) is 45.6 Å². The van der Waals surface area contributed by atoms with Gasteiger partial charge in [-0.25, -0.2) is 39.5 Å². The molecule has 67 heavy (non-hydrogen) atoms. The third-order valence-electron chi connectivity index (χ3n) is 12.3. The van der Waals surface area contributed by atoms with Gasteiger partial charge in [0.05, 0.1) is 31.2 Å². The Labute approximate surface area is 388 Å². The summed E-state index contributed by atoms with van der Waals surface area (Å²) in [4.78, 5) is 54.1. The molecule has 0 spiro atoms. The van der Waals surface area contributed by atoms with Gasteiger partial charge >= 0.3 is 11.4 Å². The molecule has 14 heteroatoms. The number of rotatable bonds is 10. The number of fused-ring (bicyclic) bond motifs is 2. The van der Waals surface area contributed by atoms with Crippen molar-refractivity contribution in [3.63, 3.8) is 0 Å². The molecule has 10 rings (SSSR count). The lowest BCUT2D eigenvalue weighted by atomic mass is 9.97. The second-order valence-corrected chi connectivity index (χ2v) is 17.7. The Balaban J connectivity index is 0.000000168. The van der Waals surface area contributed by atoms with Crippen LogP contribution >= 0.6 is 0 Å². The van der Waals surface area contributed by atoms with Crippen LogP contribution in [-0.2, 0) is 41.3 Å². The van der Waals surface area contributed by atoms with Crippen LogP contribution in [0.2, 0.25) is 0 Å². The average molecular weight is 891 g/mol. The summed E-state index contributed by atoms with van der Waals surface area (Å²) in [5, 5.41) is 0. The number of benzene rings is 4. The van der Waals surface area contributed by atoms with E-state index in [1.54, 1.807) is 51.0 Å². The van der Waals surface area contributed by atoms with Crippen LogP contribution in [0.25, 0.3) is 67.9 Å². The van der Waals surface area contributed by atoms with E-state index in [2.05, 4.69) is 59.8 Å². The second-order valence-electron chi connectivity index (χ2n) is 17.7. The van der Waals surface area contributed by atoms with E-state index in [0.29, 0.717) is 47.9 Å². The monoisotopic (exact) mass is 890 g/mol. The van der Waals surface area contributed by atoms with Crippen molar-refractivity contribution < 1.29 is 0 Å². The van der Waals surface area contributed by atoms with Crippen molar-refractivity contribution in [1.29, 1.82) is 0 Å². The predicted molar refractivity (Wildman–Crippen MR) is 265 cm³/mol. The molecule has 0 saturated heterocycles. The van der Waals surface area contributed by atoms with Crippen molar-refractivity contribution in [1.82, 2.24) is 57.3 Å². The molecule has 6 heterocycles. The number of imidazole rings is 4. The Morgan fingerprint density at radius 1 is 0.522 bits per heavy atom. The van der Waals surface area contributed by atoms with Crippen LogP contribution in [0.5, 0.6) is 0 Å². The second kappa shape index (κ2) is 18.1. The summed E-state index contributed by atoms with van der Waals surface area (Å²) in [6.45, 7) is 11.5. The third-order valence-corrected chi connectivity index (χ3v) is 12.3. The van der Waals surface area contributed by atoms with Crippen molar-refractivity contribution in [2.45, 2.75) is 59.5 Å². The Kier molecular flexibility index (Phi) is 12.0. The molecule has 0 N–H and O–H groups in total. The lowest BCUT2D eigenvalue weighted by molar-refractivity contribution is 0.731. The molecular formula is C53H54N12O2. The maximum atomic E-state index is 13.1. The molecule has 6 aromatic heterocycles. The SMILES string of the molecule is CC(C)c1ccccc1-c1ncc2c(n1)n(Cc1ccc(-c3nccn3C)cc1)c(=O)n2C.Cc1cn(C)c(-c2ccc(Cn3c(=O)n(C)c4cnc(-c5ccccc5C(C)C)nc43)cc2)n1. The van der Waals surface area contributed by atoms with Crippen LogP contribution in [0, 0.1) is 6.92 Å². The highest BCUT2D eigenvalue weighted by molar-refractivity contribution is 5.76. The predicted octanol–water partition coefficient (Wildman–Crippen LogP) is 9.05. The summed E-state index contributed by atoms with van der Waals surface area (Å²) in [7, 11) is 7.49. The van der Waals surface area contributed by atoms with Gasteiger partial charge in [-0.2, -0.15) is 0 Å². The first-order chi connectivity index (χ1) is 32.3. The van der Waals surface area contributed by atoms with Gasteiger partial charge in [-0.1, -0.05) is 125 Å². The molecular weight excluding hydrogens is 837 g/mol. The maximum Gasteiger partial charge on any atom is 0.330 e. The molecule has 0 radical (unpaired) electrons. The first kappa shape index (κ1) is 44.2. The highest BCUT2D eigenvalue weighted by Gasteiger charge is 2.19. The van der Waals surface area contributed by atoms with Crippen LogP contribution in [0.3, 0.4) is 0 Å². The van der Waals surface area contributed by atoms with E-state index in [1.165, 1.54) is 11.1 Å². The molecule has 4 aromatic carbocycles. The zero-order valence-corrected chi connectivity index (χ0v) is 39.4. The van der Waals surface area contributed by atoms with Gasteiger partial charge in [-0.3, -0.25) is 18.3 Å². The molecule has 10 aromatic rings. The molecule has 0 fully saturated rings. The first-order valence-corrected chi connectivity index (χ1v) is 22.5. The summed E-state index contributed by atoms with van der Waals surface area (Å²) in [5.41, 5.74) is 12.0. The fraction of sp³-hybridized carbons (Fsp3) is 0.245. The van der Waals surface area contributed by atoms with Crippen molar-refractivity contribution >= 4 is 22.3 Å². The molecule has 0 atom stereocenters. The Morgan fingerprint density at radius 2 is 0.970 bits per heavy atom. The van der Waals surface area contributed by atoms with Gasteiger partial charge in [-0.15, -0.1) is 0 Å². The Morgan fingerprint density at radius 3 is 1.37 bits per heavy atom. The Hall–Kier alpha value is -8.00. The number of nitrogens with zero attached hydrogens (tertiary/aromatic N) is 12. The lowest BCUT2D eigenvalue weighted by Crippen LogP contribution is -2.22. The van der Waals surface area contributed by atoms with E-state index in [0.717, 1.165) is 61.8 Å². The average Bonchev–Trinajstić information content (AvgIpc) is 4.05. The van der Waals surface area contributed by atoms with Gasteiger partial charge in [0.1, 0.15) is 22.7 Å². The lowest BCUT2D eigenvalue weighted by Gasteiger charge is -2.11.